The van der Waals surface area contributed by atoms with Crippen molar-refractivity contribution < 1.29 is 23.9 Å². The Balaban J connectivity index is 1.16. The second-order valence-electron chi connectivity index (χ2n) is 9.87. The summed E-state index contributed by atoms with van der Waals surface area (Å²) >= 11 is 0. The number of hydrogen-bond acceptors (Lipinski definition) is 6. The van der Waals surface area contributed by atoms with E-state index in [1.807, 2.05) is 0 Å². The Morgan fingerprint density at radius 1 is 0.944 bits per heavy atom. The number of imide groups is 1. The van der Waals surface area contributed by atoms with E-state index in [1.165, 1.54) is 26.2 Å². The van der Waals surface area contributed by atoms with E-state index in [1.54, 1.807) is 48.5 Å². The van der Waals surface area contributed by atoms with Gasteiger partial charge in [0.05, 0.1) is 23.3 Å². The molecule has 2 saturated heterocycles. The fourth-order valence-electron chi connectivity index (χ4n) is 5.65. The number of anilines is 1. The highest BCUT2D eigenvalue weighted by atomic mass is 16.5. The van der Waals surface area contributed by atoms with Gasteiger partial charge in [0.15, 0.2) is 0 Å². The molecule has 8 heteroatoms. The number of ether oxygens (including phenoxy) is 1. The van der Waals surface area contributed by atoms with E-state index in [0.29, 0.717) is 40.9 Å². The Morgan fingerprint density at radius 3 is 2.31 bits per heavy atom. The predicted octanol–water partition coefficient (Wildman–Crippen LogP) is 3.73. The van der Waals surface area contributed by atoms with Crippen molar-refractivity contribution in [3.8, 4) is 0 Å². The Labute approximate surface area is 210 Å². The lowest BCUT2D eigenvalue weighted by atomic mass is 9.84. The molecule has 0 saturated carbocycles. The fourth-order valence-corrected chi connectivity index (χ4v) is 5.65. The molecule has 36 heavy (non-hydrogen) atoms. The van der Waals surface area contributed by atoms with Crippen LogP contribution in [-0.2, 0) is 9.53 Å². The van der Waals surface area contributed by atoms with Crippen molar-refractivity contribution in [2.75, 3.05) is 25.0 Å². The molecule has 2 aromatic rings. The molecule has 1 unspecified atom stereocenters. The Morgan fingerprint density at radius 2 is 1.61 bits per heavy atom. The normalized spacial score (nSPS) is 22.5. The van der Waals surface area contributed by atoms with Crippen LogP contribution >= 0.6 is 0 Å². The van der Waals surface area contributed by atoms with Crippen molar-refractivity contribution in [3.05, 3.63) is 65.2 Å². The van der Waals surface area contributed by atoms with Crippen LogP contribution in [0.2, 0.25) is 0 Å². The molecular formula is C28H31N3O5. The van der Waals surface area contributed by atoms with Crippen LogP contribution in [0.15, 0.2) is 48.5 Å². The molecule has 0 bridgehead atoms. The van der Waals surface area contributed by atoms with Gasteiger partial charge in [0.2, 0.25) is 5.91 Å². The summed E-state index contributed by atoms with van der Waals surface area (Å²) in [6.07, 6.45) is 5.90. The molecule has 3 aliphatic heterocycles. The molecule has 3 amide bonds. The lowest BCUT2D eigenvalue weighted by Crippen LogP contribution is -2.49. The summed E-state index contributed by atoms with van der Waals surface area (Å²) in [4.78, 5) is 54.3. The largest absolute Gasteiger partial charge is 0.462 e. The first-order valence-corrected chi connectivity index (χ1v) is 12.7. The predicted molar refractivity (Wildman–Crippen MR) is 134 cm³/mol. The molecule has 0 spiro atoms. The van der Waals surface area contributed by atoms with Crippen LogP contribution in [0.4, 0.5) is 5.69 Å². The summed E-state index contributed by atoms with van der Waals surface area (Å²) in [6.45, 7) is 4.24. The van der Waals surface area contributed by atoms with E-state index < -0.39 is 23.8 Å². The van der Waals surface area contributed by atoms with E-state index in [-0.39, 0.29) is 5.97 Å². The number of carbonyl (C=O) groups is 4. The van der Waals surface area contributed by atoms with Crippen molar-refractivity contribution in [2.24, 2.45) is 5.92 Å². The van der Waals surface area contributed by atoms with Crippen LogP contribution in [0.1, 0.15) is 70.1 Å². The monoisotopic (exact) mass is 489 g/mol. The molecule has 0 aliphatic carbocycles. The zero-order valence-electron chi connectivity index (χ0n) is 20.4. The van der Waals surface area contributed by atoms with Gasteiger partial charge in [-0.1, -0.05) is 18.6 Å². The molecule has 2 fully saturated rings. The quantitative estimate of drug-likeness (QED) is 0.491. The summed E-state index contributed by atoms with van der Waals surface area (Å²) < 4.78 is 5.66. The van der Waals surface area contributed by atoms with Gasteiger partial charge in [-0.3, -0.25) is 24.2 Å². The number of nitrogens with zero attached hydrogens (tertiary/aromatic N) is 2. The highest BCUT2D eigenvalue weighted by Crippen LogP contribution is 2.31. The number of rotatable bonds is 6. The molecule has 0 aromatic heterocycles. The van der Waals surface area contributed by atoms with Crippen molar-refractivity contribution >= 4 is 29.4 Å². The number of fused-ring (bicyclic) bond motifs is 2. The minimum Gasteiger partial charge on any atom is -0.462 e. The molecule has 3 aliphatic rings. The summed E-state index contributed by atoms with van der Waals surface area (Å²) in [6, 6.07) is 12.5. The number of nitrogens with one attached hydrogen (secondary N) is 1. The van der Waals surface area contributed by atoms with E-state index >= 15 is 0 Å². The maximum Gasteiger partial charge on any atom is 0.338 e. The summed E-state index contributed by atoms with van der Waals surface area (Å²) in [5, 5.41) is 2.72. The van der Waals surface area contributed by atoms with Crippen LogP contribution in [0.5, 0.6) is 0 Å². The minimum absolute atomic E-state index is 0.300. The first-order valence-electron chi connectivity index (χ1n) is 12.7. The van der Waals surface area contributed by atoms with Crippen molar-refractivity contribution in [3.63, 3.8) is 0 Å². The lowest BCUT2D eigenvalue weighted by Gasteiger charge is -2.44. The van der Waals surface area contributed by atoms with Crippen LogP contribution in [-0.4, -0.2) is 65.3 Å². The third-order valence-corrected chi connectivity index (χ3v) is 7.64. The third kappa shape index (κ3) is 4.65. The lowest BCUT2D eigenvalue weighted by molar-refractivity contribution is -0.119. The average molecular weight is 490 g/mol. The highest BCUT2D eigenvalue weighted by molar-refractivity contribution is 6.23. The second-order valence-corrected chi connectivity index (χ2v) is 9.87. The van der Waals surface area contributed by atoms with Gasteiger partial charge in [-0.15, -0.1) is 0 Å². The minimum atomic E-state index is -0.989. The van der Waals surface area contributed by atoms with Gasteiger partial charge in [0, 0.05) is 17.6 Å². The first-order chi connectivity index (χ1) is 17.4. The van der Waals surface area contributed by atoms with Gasteiger partial charge < -0.3 is 10.1 Å². The smallest absolute Gasteiger partial charge is 0.338 e. The zero-order chi connectivity index (χ0) is 25.2. The topological polar surface area (TPSA) is 96.0 Å². The SMILES string of the molecule is CC(C(=O)Nc1ccc(C(=O)OC[C@@H]2CCCN3CCCC[C@H]23)cc1)N1C(=O)c2ccccc2C1=O. The number of benzene rings is 2. The molecule has 0 radical (unpaired) electrons. The van der Waals surface area contributed by atoms with Crippen molar-refractivity contribution in [1.29, 1.82) is 0 Å². The molecule has 5 rings (SSSR count). The van der Waals surface area contributed by atoms with E-state index in [2.05, 4.69) is 10.2 Å². The van der Waals surface area contributed by atoms with E-state index in [4.69, 9.17) is 4.74 Å². The highest BCUT2D eigenvalue weighted by Gasteiger charge is 2.40. The maximum atomic E-state index is 12.8. The van der Waals surface area contributed by atoms with Gasteiger partial charge in [0.25, 0.3) is 11.8 Å². The summed E-state index contributed by atoms with van der Waals surface area (Å²) in [5.74, 6) is -1.45. The molecule has 1 N–H and O–H groups in total. The first kappa shape index (κ1) is 24.2. The van der Waals surface area contributed by atoms with Gasteiger partial charge in [0.1, 0.15) is 6.04 Å². The van der Waals surface area contributed by atoms with E-state index in [0.717, 1.165) is 30.8 Å². The molecule has 3 heterocycles. The standard InChI is InChI=1S/C28H31N3O5/c1-18(31-26(33)22-8-2-3-9-23(22)27(31)34)25(32)29-21-13-11-19(12-14-21)28(35)36-17-20-7-6-16-30-15-5-4-10-24(20)30/h2-3,8-9,11-14,18,20,24H,4-7,10,15-17H2,1H3,(H,29,32)/t18?,20-,24+/m0/s1. The van der Waals surface area contributed by atoms with Crippen molar-refractivity contribution in [2.45, 2.75) is 51.1 Å². The Hall–Kier alpha value is -3.52. The van der Waals surface area contributed by atoms with Gasteiger partial charge >= 0.3 is 5.97 Å². The van der Waals surface area contributed by atoms with Crippen LogP contribution < -0.4 is 5.32 Å². The summed E-state index contributed by atoms with van der Waals surface area (Å²) in [7, 11) is 0. The molecule has 188 valence electrons. The number of carbonyl (C=O) groups excluding carboxylic acids is 4. The van der Waals surface area contributed by atoms with Crippen LogP contribution in [0, 0.1) is 5.92 Å². The third-order valence-electron chi connectivity index (χ3n) is 7.64. The number of esters is 1. The number of piperidine rings is 2. The van der Waals surface area contributed by atoms with E-state index in [9.17, 15) is 19.2 Å². The van der Waals surface area contributed by atoms with Crippen LogP contribution in [0.25, 0.3) is 0 Å². The summed E-state index contributed by atoms with van der Waals surface area (Å²) in [5.41, 5.74) is 1.48. The maximum absolute atomic E-state index is 12.8. The molecule has 2 aromatic carbocycles. The Kier molecular flexibility index (Phi) is 6.87. The zero-order valence-corrected chi connectivity index (χ0v) is 20.4. The van der Waals surface area contributed by atoms with Gasteiger partial charge in [-0.25, -0.2) is 4.79 Å². The number of amides is 3. The average Bonchev–Trinajstić information content (AvgIpc) is 3.16. The van der Waals surface area contributed by atoms with Gasteiger partial charge in [-0.2, -0.15) is 0 Å². The second kappa shape index (κ2) is 10.2. The molecule has 3 atom stereocenters. The fraction of sp³-hybridized carbons (Fsp3) is 0.429. The van der Waals surface area contributed by atoms with Gasteiger partial charge in [-0.05, 0) is 82.1 Å². The number of hydrogen-bond donors (Lipinski definition) is 1. The molecular weight excluding hydrogens is 458 g/mol. The van der Waals surface area contributed by atoms with Crippen LogP contribution in [0.3, 0.4) is 0 Å². The molecule has 8 nitrogen and oxygen atoms in total. The Bertz CT molecular complexity index is 1140. The van der Waals surface area contributed by atoms with Crippen molar-refractivity contribution in [1.82, 2.24) is 9.80 Å².